The van der Waals surface area contributed by atoms with Crippen LogP contribution in [0.25, 0.3) is 0 Å². The summed E-state index contributed by atoms with van der Waals surface area (Å²) in [6.45, 7) is 3.57. The lowest BCUT2D eigenvalue weighted by atomic mass is 10.2. The van der Waals surface area contributed by atoms with Gasteiger partial charge in [0.05, 0.1) is 17.3 Å². The number of aryl methyl sites for hydroxylation is 2. The van der Waals surface area contributed by atoms with Crippen LogP contribution >= 0.6 is 27.7 Å². The zero-order chi connectivity index (χ0) is 19.5. The second-order valence-corrected chi connectivity index (χ2v) is 10.5. The number of sulfone groups is 1. The molecule has 2 rings (SSSR count). The number of carbonyl (C=O) groups excluding carboxylic acids is 2. The lowest BCUT2D eigenvalue weighted by Crippen LogP contribution is -2.40. The van der Waals surface area contributed by atoms with Crippen molar-refractivity contribution in [1.82, 2.24) is 4.90 Å². The highest BCUT2D eigenvalue weighted by molar-refractivity contribution is 9.10. The van der Waals surface area contributed by atoms with Gasteiger partial charge in [-0.25, -0.2) is 8.42 Å². The summed E-state index contributed by atoms with van der Waals surface area (Å²) in [5, 5.41) is 0. The fourth-order valence-electron chi connectivity index (χ4n) is 2.62. The first kappa shape index (κ1) is 21.2. The van der Waals surface area contributed by atoms with Gasteiger partial charge in [0.1, 0.15) is 0 Å². The molecule has 1 saturated heterocycles. The number of ether oxygens (including phenoxy) is 1. The number of carbonyl (C=O) groups is 2. The Morgan fingerprint density at radius 1 is 1.31 bits per heavy atom. The monoisotopic (exact) mass is 463 g/mol. The van der Waals surface area contributed by atoms with Gasteiger partial charge in [-0.05, 0) is 43.5 Å². The molecule has 0 radical (unpaired) electrons. The molecule has 1 atom stereocenters. The lowest BCUT2D eigenvalue weighted by molar-refractivity contribution is -0.150. The van der Waals surface area contributed by atoms with Crippen LogP contribution < -0.4 is 0 Å². The minimum Gasteiger partial charge on any atom is -0.455 e. The van der Waals surface area contributed by atoms with Crippen LogP contribution in [-0.4, -0.2) is 62.1 Å². The van der Waals surface area contributed by atoms with Gasteiger partial charge in [-0.1, -0.05) is 15.9 Å². The van der Waals surface area contributed by atoms with Gasteiger partial charge in [0.25, 0.3) is 5.91 Å². The molecule has 144 valence electrons. The van der Waals surface area contributed by atoms with Crippen LogP contribution in [-0.2, 0) is 24.2 Å². The first-order chi connectivity index (χ1) is 12.1. The summed E-state index contributed by atoms with van der Waals surface area (Å²) in [5.41, 5.74) is 2.13. The number of nitrogens with zero attached hydrogens (tertiary/aromatic N) is 1. The molecule has 1 heterocycles. The van der Waals surface area contributed by atoms with Crippen LogP contribution in [0.4, 0.5) is 0 Å². The molecule has 1 aromatic carbocycles. The van der Waals surface area contributed by atoms with Crippen LogP contribution in [0.2, 0.25) is 0 Å². The first-order valence-corrected chi connectivity index (χ1v) is 11.7. The molecule has 1 aliphatic rings. The summed E-state index contributed by atoms with van der Waals surface area (Å²) in [6, 6.07) is 3.66. The average Bonchev–Trinajstić information content (AvgIpc) is 2.93. The summed E-state index contributed by atoms with van der Waals surface area (Å²) in [4.78, 5) is 26.4. The molecule has 1 fully saturated rings. The molecule has 0 N–H and O–H groups in total. The van der Waals surface area contributed by atoms with Gasteiger partial charge in [-0.15, -0.1) is 11.8 Å². The summed E-state index contributed by atoms with van der Waals surface area (Å²) in [5.74, 6) is -0.688. The van der Waals surface area contributed by atoms with Crippen molar-refractivity contribution in [3.63, 3.8) is 0 Å². The first-order valence-electron chi connectivity index (χ1n) is 8.10. The van der Waals surface area contributed by atoms with Crippen molar-refractivity contribution in [2.45, 2.75) is 31.2 Å². The maximum Gasteiger partial charge on any atom is 0.316 e. The predicted octanol–water partition coefficient (Wildman–Crippen LogP) is 2.35. The standard InChI is InChI=1S/C17H22BrNO5S2/c1-11-7-15(12(2)6-14(11)18)25-9-17(21)24-8-16(20)19(3)13-4-5-26(22,23)10-13/h6-7,13H,4-5,8-10H2,1-3H3/t13-/m0/s1. The number of rotatable bonds is 6. The van der Waals surface area contributed by atoms with Crippen molar-refractivity contribution in [2.75, 3.05) is 30.9 Å². The highest BCUT2D eigenvalue weighted by atomic mass is 79.9. The minimum absolute atomic E-state index is 0.0266. The molecule has 0 bridgehead atoms. The van der Waals surface area contributed by atoms with Crippen molar-refractivity contribution in [1.29, 1.82) is 0 Å². The molecule has 0 unspecified atom stereocenters. The van der Waals surface area contributed by atoms with Gasteiger partial charge < -0.3 is 9.64 Å². The van der Waals surface area contributed by atoms with E-state index in [9.17, 15) is 18.0 Å². The Bertz CT molecular complexity index is 810. The Kier molecular flexibility index (Phi) is 7.15. The predicted molar refractivity (Wildman–Crippen MR) is 105 cm³/mol. The molecule has 0 aromatic heterocycles. The van der Waals surface area contributed by atoms with Gasteiger partial charge >= 0.3 is 5.97 Å². The quantitative estimate of drug-likeness (QED) is 0.475. The number of likely N-dealkylation sites (N-methyl/N-ethyl adjacent to an activating group) is 1. The minimum atomic E-state index is -3.06. The number of thioether (sulfide) groups is 1. The van der Waals surface area contributed by atoms with Crippen molar-refractivity contribution in [3.05, 3.63) is 27.7 Å². The zero-order valence-electron chi connectivity index (χ0n) is 15.0. The SMILES string of the molecule is Cc1cc(SCC(=O)OCC(=O)N(C)[C@H]2CCS(=O)(=O)C2)c(C)cc1Br. The van der Waals surface area contributed by atoms with Crippen LogP contribution in [0.1, 0.15) is 17.5 Å². The topological polar surface area (TPSA) is 80.8 Å². The van der Waals surface area contributed by atoms with E-state index in [2.05, 4.69) is 15.9 Å². The smallest absolute Gasteiger partial charge is 0.316 e. The second kappa shape index (κ2) is 8.75. The third-order valence-electron chi connectivity index (χ3n) is 4.31. The Morgan fingerprint density at radius 3 is 2.62 bits per heavy atom. The number of esters is 1. The highest BCUT2D eigenvalue weighted by Crippen LogP contribution is 2.28. The molecule has 0 saturated carbocycles. The fourth-order valence-corrected chi connectivity index (χ4v) is 5.75. The summed E-state index contributed by atoms with van der Waals surface area (Å²) >= 11 is 4.83. The van der Waals surface area contributed by atoms with Gasteiger partial charge in [0.2, 0.25) is 0 Å². The van der Waals surface area contributed by atoms with Gasteiger partial charge in [-0.2, -0.15) is 0 Å². The molecule has 1 aliphatic heterocycles. The second-order valence-electron chi connectivity index (χ2n) is 6.38. The van der Waals surface area contributed by atoms with Gasteiger partial charge in [0, 0.05) is 22.5 Å². The van der Waals surface area contributed by atoms with E-state index in [0.29, 0.717) is 6.42 Å². The number of hydrogen-bond donors (Lipinski definition) is 0. The van der Waals surface area contributed by atoms with Crippen LogP contribution in [0.3, 0.4) is 0 Å². The van der Waals surface area contributed by atoms with E-state index in [1.54, 1.807) is 7.05 Å². The van der Waals surface area contributed by atoms with E-state index in [0.717, 1.165) is 20.5 Å². The molecule has 9 heteroatoms. The van der Waals surface area contributed by atoms with Crippen molar-refractivity contribution in [2.24, 2.45) is 0 Å². The third-order valence-corrected chi connectivity index (χ3v) is 8.04. The van der Waals surface area contributed by atoms with E-state index in [4.69, 9.17) is 4.74 Å². The number of hydrogen-bond acceptors (Lipinski definition) is 6. The Labute approximate surface area is 166 Å². The average molecular weight is 464 g/mol. The van der Waals surface area contributed by atoms with E-state index < -0.39 is 15.8 Å². The molecular weight excluding hydrogens is 442 g/mol. The zero-order valence-corrected chi connectivity index (χ0v) is 18.2. The van der Waals surface area contributed by atoms with E-state index in [1.807, 2.05) is 26.0 Å². The van der Waals surface area contributed by atoms with Gasteiger partial charge in [0.15, 0.2) is 16.4 Å². The van der Waals surface area contributed by atoms with Crippen LogP contribution in [0, 0.1) is 13.8 Å². The lowest BCUT2D eigenvalue weighted by Gasteiger charge is -2.23. The van der Waals surface area contributed by atoms with Crippen molar-refractivity contribution >= 4 is 49.4 Å². The summed E-state index contributed by atoms with van der Waals surface area (Å²) < 4.78 is 29.1. The molecule has 0 spiro atoms. The maximum atomic E-state index is 12.1. The van der Waals surface area contributed by atoms with E-state index >= 15 is 0 Å². The molecule has 6 nitrogen and oxygen atoms in total. The third kappa shape index (κ3) is 5.72. The Morgan fingerprint density at radius 2 is 2.00 bits per heavy atom. The molecule has 1 aromatic rings. The summed E-state index contributed by atoms with van der Waals surface area (Å²) in [6.07, 6.45) is 0.427. The highest BCUT2D eigenvalue weighted by Gasteiger charge is 2.32. The number of amides is 1. The molecule has 26 heavy (non-hydrogen) atoms. The van der Waals surface area contributed by atoms with Crippen molar-refractivity contribution < 1.29 is 22.7 Å². The van der Waals surface area contributed by atoms with Gasteiger partial charge in [-0.3, -0.25) is 9.59 Å². The summed E-state index contributed by atoms with van der Waals surface area (Å²) in [7, 11) is -1.52. The van der Waals surface area contributed by atoms with E-state index in [-0.39, 0.29) is 35.8 Å². The molecular formula is C17H22BrNO5S2. The van der Waals surface area contributed by atoms with E-state index in [1.165, 1.54) is 16.7 Å². The number of halogens is 1. The normalized spacial score (nSPS) is 18.5. The molecule has 1 amide bonds. The number of benzene rings is 1. The largest absolute Gasteiger partial charge is 0.455 e. The Hall–Kier alpha value is -1.06. The fraction of sp³-hybridized carbons (Fsp3) is 0.529. The maximum absolute atomic E-state index is 12.1. The van der Waals surface area contributed by atoms with Crippen LogP contribution in [0.5, 0.6) is 0 Å². The Balaban J connectivity index is 1.80. The molecule has 0 aliphatic carbocycles. The van der Waals surface area contributed by atoms with Crippen LogP contribution in [0.15, 0.2) is 21.5 Å². The van der Waals surface area contributed by atoms with Crippen molar-refractivity contribution in [3.8, 4) is 0 Å².